The van der Waals surface area contributed by atoms with Gasteiger partial charge in [-0.3, -0.25) is 0 Å². The van der Waals surface area contributed by atoms with Crippen molar-refractivity contribution in [1.82, 2.24) is 0 Å². The van der Waals surface area contributed by atoms with Gasteiger partial charge in [0, 0.05) is 23.3 Å². The highest BCUT2D eigenvalue weighted by Crippen LogP contribution is 2.37. The highest BCUT2D eigenvalue weighted by atomic mass is 16.5. The molecule has 2 nitrogen and oxygen atoms in total. The van der Waals surface area contributed by atoms with Gasteiger partial charge < -0.3 is 4.74 Å². The first-order valence-corrected chi connectivity index (χ1v) is 12.2. The topological polar surface area (TPSA) is 24.1 Å². The first-order chi connectivity index (χ1) is 17.8. The summed E-state index contributed by atoms with van der Waals surface area (Å²) in [6.45, 7) is 0. The molecule has 0 fully saturated rings. The van der Waals surface area contributed by atoms with Gasteiger partial charge in [0.2, 0.25) is 6.10 Å². The zero-order valence-electron chi connectivity index (χ0n) is 19.8. The predicted octanol–water partition coefficient (Wildman–Crippen LogP) is 8.60. The van der Waals surface area contributed by atoms with Crippen molar-refractivity contribution in [3.05, 3.63) is 162 Å². The van der Waals surface area contributed by atoms with Crippen molar-refractivity contribution >= 4 is 11.3 Å². The quantitative estimate of drug-likeness (QED) is 0.238. The molecule has 0 spiro atoms. The number of allylic oxidation sites excluding steroid dienone is 2. The molecule has 1 aromatic heterocycles. The van der Waals surface area contributed by atoms with Crippen LogP contribution in [0.15, 0.2) is 150 Å². The molecular weight excluding hydrogens is 440 g/mol. The molecule has 1 atom stereocenters. The fraction of sp³-hybridized carbons (Fsp3) is 0.0294. The van der Waals surface area contributed by atoms with E-state index in [0.29, 0.717) is 0 Å². The first-order valence-electron chi connectivity index (χ1n) is 12.2. The van der Waals surface area contributed by atoms with Crippen LogP contribution in [0.2, 0.25) is 0 Å². The molecule has 172 valence electrons. The predicted molar refractivity (Wildman–Crippen MR) is 148 cm³/mol. The number of ether oxygens (including phenoxy) is 1. The summed E-state index contributed by atoms with van der Waals surface area (Å²) in [6, 6.07) is 45.7. The van der Waals surface area contributed by atoms with Gasteiger partial charge in [0.05, 0.1) is 28.8 Å². The van der Waals surface area contributed by atoms with E-state index in [9.17, 15) is 0 Å². The normalized spacial score (nSPS) is 14.9. The molecule has 0 saturated carbocycles. The molecular formula is C34H26O2+2. The molecule has 0 saturated heterocycles. The molecule has 36 heavy (non-hydrogen) atoms. The van der Waals surface area contributed by atoms with Crippen molar-refractivity contribution < 1.29 is 9.15 Å². The Bertz CT molecular complexity index is 1460. The summed E-state index contributed by atoms with van der Waals surface area (Å²) < 4.78 is 11.6. The van der Waals surface area contributed by atoms with Gasteiger partial charge in [-0.05, 0) is 54.1 Å². The number of rotatable bonds is 5. The van der Waals surface area contributed by atoms with Gasteiger partial charge in [0.15, 0.2) is 0 Å². The van der Waals surface area contributed by atoms with E-state index in [0.717, 1.165) is 45.1 Å². The summed E-state index contributed by atoms with van der Waals surface area (Å²) in [5.74, 6) is 2.65. The molecule has 0 radical (unpaired) electrons. The number of hydrogen-bond donors (Lipinski definition) is 0. The van der Waals surface area contributed by atoms with Crippen LogP contribution in [0.25, 0.3) is 34.0 Å². The van der Waals surface area contributed by atoms with Gasteiger partial charge >= 0.3 is 11.5 Å². The number of hydrogen-bond acceptors (Lipinski definition) is 0. The smallest absolute Gasteiger partial charge is 0.361 e. The zero-order valence-corrected chi connectivity index (χ0v) is 19.8. The molecule has 0 bridgehead atoms. The molecule has 5 aromatic rings. The lowest BCUT2D eigenvalue weighted by Gasteiger charge is -2.21. The average molecular weight is 467 g/mol. The summed E-state index contributed by atoms with van der Waals surface area (Å²) in [5, 5.41) is 0. The SMILES string of the molecule is C1=C(c2cc(-c3ccccc3)[o+]c(-c3ccccc3)c2)C=C(c2ccccc2)[OH+]C1c1ccccc1. The summed E-state index contributed by atoms with van der Waals surface area (Å²) in [7, 11) is 0. The van der Waals surface area contributed by atoms with E-state index in [1.807, 2.05) is 48.5 Å². The summed E-state index contributed by atoms with van der Waals surface area (Å²) in [4.78, 5) is 0. The molecule has 2 heterocycles. The minimum atomic E-state index is -0.0705. The van der Waals surface area contributed by atoms with Crippen molar-refractivity contribution in [1.29, 1.82) is 0 Å². The van der Waals surface area contributed by atoms with Gasteiger partial charge in [0.25, 0.3) is 5.76 Å². The summed E-state index contributed by atoms with van der Waals surface area (Å²) >= 11 is 0. The first kappa shape index (κ1) is 21.8. The van der Waals surface area contributed by atoms with Crippen LogP contribution in [0.4, 0.5) is 0 Å². The van der Waals surface area contributed by atoms with E-state index in [1.54, 1.807) is 0 Å². The third-order valence-electron chi connectivity index (χ3n) is 6.36. The maximum atomic E-state index is 6.43. The second-order valence-electron chi connectivity index (χ2n) is 8.81. The van der Waals surface area contributed by atoms with Crippen molar-refractivity contribution in [2.24, 2.45) is 0 Å². The van der Waals surface area contributed by atoms with E-state index in [2.05, 4.69) is 97.1 Å². The van der Waals surface area contributed by atoms with Crippen molar-refractivity contribution in [2.45, 2.75) is 6.10 Å². The monoisotopic (exact) mass is 466 g/mol. The van der Waals surface area contributed by atoms with Crippen molar-refractivity contribution in [3.63, 3.8) is 0 Å². The lowest BCUT2D eigenvalue weighted by atomic mass is 9.95. The van der Waals surface area contributed by atoms with Crippen LogP contribution < -0.4 is 0 Å². The Balaban J connectivity index is 1.53. The Morgan fingerprint density at radius 3 is 1.50 bits per heavy atom. The fourth-order valence-corrected chi connectivity index (χ4v) is 4.51. The van der Waals surface area contributed by atoms with Gasteiger partial charge in [0.1, 0.15) is 0 Å². The largest absolute Gasteiger partial charge is 0.574 e. The van der Waals surface area contributed by atoms with Crippen LogP contribution in [-0.2, 0) is 0 Å². The Labute approximate surface area is 211 Å². The van der Waals surface area contributed by atoms with Crippen LogP contribution in [0.3, 0.4) is 0 Å². The Hall–Kier alpha value is -4.69. The van der Waals surface area contributed by atoms with E-state index in [4.69, 9.17) is 9.15 Å². The number of aliphatic hydroxyl groups is 2. The third-order valence-corrected chi connectivity index (χ3v) is 6.36. The van der Waals surface area contributed by atoms with Crippen molar-refractivity contribution in [2.75, 3.05) is 0 Å². The van der Waals surface area contributed by atoms with Crippen LogP contribution in [0, 0.1) is 0 Å². The molecule has 2 heteroatoms. The Kier molecular flexibility index (Phi) is 5.99. The molecule has 1 N–H and O–H groups in total. The summed E-state index contributed by atoms with van der Waals surface area (Å²) in [6.07, 6.45) is 4.37. The molecule has 0 aliphatic carbocycles. The Morgan fingerprint density at radius 2 is 0.972 bits per heavy atom. The lowest BCUT2D eigenvalue weighted by molar-refractivity contribution is 0.0359. The van der Waals surface area contributed by atoms with Gasteiger partial charge in [-0.15, -0.1) is 0 Å². The fourth-order valence-electron chi connectivity index (χ4n) is 4.51. The molecule has 1 unspecified atom stereocenters. The Morgan fingerprint density at radius 1 is 0.500 bits per heavy atom. The molecule has 1 aliphatic heterocycles. The van der Waals surface area contributed by atoms with Gasteiger partial charge in [-0.2, -0.15) is 0 Å². The van der Waals surface area contributed by atoms with E-state index >= 15 is 0 Å². The number of benzene rings is 4. The van der Waals surface area contributed by atoms with Crippen LogP contribution in [0.1, 0.15) is 22.8 Å². The minimum absolute atomic E-state index is 0.0705. The highest BCUT2D eigenvalue weighted by Gasteiger charge is 2.27. The highest BCUT2D eigenvalue weighted by molar-refractivity contribution is 5.86. The van der Waals surface area contributed by atoms with Crippen LogP contribution in [0.5, 0.6) is 0 Å². The zero-order chi connectivity index (χ0) is 24.2. The average Bonchev–Trinajstić information content (AvgIpc) is 2.98. The third kappa shape index (κ3) is 4.62. The lowest BCUT2D eigenvalue weighted by Crippen LogP contribution is -2.11. The van der Waals surface area contributed by atoms with E-state index in [1.165, 1.54) is 5.56 Å². The summed E-state index contributed by atoms with van der Waals surface area (Å²) in [5.41, 5.74) is 6.60. The second kappa shape index (κ2) is 9.89. The molecule has 1 aliphatic rings. The maximum absolute atomic E-state index is 6.43. The standard InChI is InChI=1S/C34H25O2/c1-5-13-25(14-6-1)31-21-29(22-32(35-31)26-15-7-2-8-16-26)30-23-33(27-17-9-3-10-18-27)36-34(24-30)28-19-11-4-12-20-28/h1-24,31H/q+1/p+1. The molecule has 4 aromatic carbocycles. The van der Waals surface area contributed by atoms with Crippen LogP contribution >= 0.6 is 0 Å². The van der Waals surface area contributed by atoms with Crippen LogP contribution in [-0.4, -0.2) is 4.74 Å². The van der Waals surface area contributed by atoms with Gasteiger partial charge in [-0.1, -0.05) is 72.8 Å². The second-order valence-corrected chi connectivity index (χ2v) is 8.81. The van der Waals surface area contributed by atoms with E-state index in [-0.39, 0.29) is 6.10 Å². The van der Waals surface area contributed by atoms with Crippen molar-refractivity contribution in [3.8, 4) is 22.6 Å². The molecule has 6 rings (SSSR count). The molecule has 0 amide bonds. The van der Waals surface area contributed by atoms with Gasteiger partial charge in [-0.25, -0.2) is 4.42 Å². The maximum Gasteiger partial charge on any atom is 0.361 e. The minimum Gasteiger partial charge on any atom is -0.574 e. The van der Waals surface area contributed by atoms with E-state index < -0.39 is 0 Å².